The van der Waals surface area contributed by atoms with Crippen LogP contribution >= 0.6 is 0 Å². The molecule has 1 nitrogen and oxygen atoms in total. The van der Waals surface area contributed by atoms with Gasteiger partial charge in [0.25, 0.3) is 0 Å². The first-order valence-corrected chi connectivity index (χ1v) is 8.32. The largest absolute Gasteiger partial charge is 0.313 e. The molecule has 2 aliphatic rings. The van der Waals surface area contributed by atoms with E-state index < -0.39 is 0 Å². The van der Waals surface area contributed by atoms with Crippen molar-refractivity contribution in [3.8, 4) is 0 Å². The SMILES string of the molecule is Fc1ccc(C(CNC2CC2)C2CCCCCC2)cc1. The summed E-state index contributed by atoms with van der Waals surface area (Å²) in [6, 6.07) is 7.99. The third-order valence-electron chi connectivity index (χ3n) is 4.97. The van der Waals surface area contributed by atoms with E-state index in [0.29, 0.717) is 5.92 Å². The molecule has 0 saturated heterocycles. The van der Waals surface area contributed by atoms with Gasteiger partial charge in [-0.2, -0.15) is 0 Å². The molecule has 1 N–H and O–H groups in total. The van der Waals surface area contributed by atoms with E-state index >= 15 is 0 Å². The second-order valence-corrected chi connectivity index (χ2v) is 6.59. The van der Waals surface area contributed by atoms with Gasteiger partial charge in [-0.25, -0.2) is 4.39 Å². The van der Waals surface area contributed by atoms with Crippen LogP contribution in [0.4, 0.5) is 4.39 Å². The van der Waals surface area contributed by atoms with E-state index in [-0.39, 0.29) is 5.82 Å². The van der Waals surface area contributed by atoms with Crippen LogP contribution in [0.1, 0.15) is 62.8 Å². The Bertz CT molecular complexity index is 402. The highest BCUT2D eigenvalue weighted by Crippen LogP contribution is 2.35. The van der Waals surface area contributed by atoms with E-state index in [1.807, 2.05) is 12.1 Å². The zero-order valence-electron chi connectivity index (χ0n) is 12.3. The van der Waals surface area contributed by atoms with Crippen molar-refractivity contribution in [2.24, 2.45) is 5.92 Å². The van der Waals surface area contributed by atoms with Crippen molar-refractivity contribution in [2.45, 2.75) is 63.3 Å². The third-order valence-corrected chi connectivity index (χ3v) is 4.97. The summed E-state index contributed by atoms with van der Waals surface area (Å²) in [4.78, 5) is 0. The molecule has 2 aliphatic carbocycles. The van der Waals surface area contributed by atoms with Crippen LogP contribution in [0.5, 0.6) is 0 Å². The van der Waals surface area contributed by atoms with E-state index in [0.717, 1.165) is 18.5 Å². The van der Waals surface area contributed by atoms with Crippen molar-refractivity contribution in [1.82, 2.24) is 5.32 Å². The molecular weight excluding hydrogens is 249 g/mol. The topological polar surface area (TPSA) is 12.0 Å². The van der Waals surface area contributed by atoms with Crippen molar-refractivity contribution in [2.75, 3.05) is 6.54 Å². The normalized spacial score (nSPS) is 22.4. The van der Waals surface area contributed by atoms with Gasteiger partial charge in [-0.15, -0.1) is 0 Å². The molecule has 0 aliphatic heterocycles. The molecule has 0 radical (unpaired) electrons. The standard InChI is InChI=1S/C18H26FN/c19-16-9-7-15(8-10-16)18(13-20-17-11-12-17)14-5-3-1-2-4-6-14/h7-10,14,17-18,20H,1-6,11-13H2. The third kappa shape index (κ3) is 3.82. The lowest BCUT2D eigenvalue weighted by Gasteiger charge is -2.27. The molecule has 2 saturated carbocycles. The predicted molar refractivity (Wildman–Crippen MR) is 81.4 cm³/mol. The molecule has 0 amide bonds. The number of nitrogens with one attached hydrogen (secondary N) is 1. The summed E-state index contributed by atoms with van der Waals surface area (Å²) in [5.74, 6) is 1.21. The fourth-order valence-electron chi connectivity index (χ4n) is 3.56. The molecule has 2 fully saturated rings. The van der Waals surface area contributed by atoms with Crippen LogP contribution in [0.3, 0.4) is 0 Å². The summed E-state index contributed by atoms with van der Waals surface area (Å²) in [5, 5.41) is 3.69. The van der Waals surface area contributed by atoms with Crippen molar-refractivity contribution in [1.29, 1.82) is 0 Å². The lowest BCUT2D eigenvalue weighted by Crippen LogP contribution is -2.28. The molecular formula is C18H26FN. The Hall–Kier alpha value is -0.890. The molecule has 1 aromatic carbocycles. The maximum Gasteiger partial charge on any atom is 0.123 e. The average Bonchev–Trinajstić information content (AvgIpc) is 3.28. The van der Waals surface area contributed by atoms with Gasteiger partial charge in [0, 0.05) is 12.6 Å². The highest BCUT2D eigenvalue weighted by atomic mass is 19.1. The predicted octanol–water partition coefficient (Wildman–Crippen LogP) is 4.63. The first kappa shape index (κ1) is 14.1. The molecule has 0 heterocycles. The molecule has 3 rings (SSSR count). The van der Waals surface area contributed by atoms with Gasteiger partial charge < -0.3 is 5.32 Å². The summed E-state index contributed by atoms with van der Waals surface area (Å²) in [7, 11) is 0. The maximum atomic E-state index is 13.2. The van der Waals surface area contributed by atoms with E-state index in [1.54, 1.807) is 12.1 Å². The summed E-state index contributed by atoms with van der Waals surface area (Å²) in [5.41, 5.74) is 1.33. The molecule has 20 heavy (non-hydrogen) atoms. The highest BCUT2D eigenvalue weighted by Gasteiger charge is 2.27. The van der Waals surface area contributed by atoms with Crippen molar-refractivity contribution in [3.05, 3.63) is 35.6 Å². The zero-order valence-corrected chi connectivity index (χ0v) is 12.3. The van der Waals surface area contributed by atoms with Gasteiger partial charge in [-0.1, -0.05) is 37.8 Å². The van der Waals surface area contributed by atoms with Crippen molar-refractivity contribution < 1.29 is 4.39 Å². The Morgan fingerprint density at radius 3 is 2.20 bits per heavy atom. The summed E-state index contributed by atoms with van der Waals surface area (Å²) in [6.45, 7) is 1.07. The number of hydrogen-bond donors (Lipinski definition) is 1. The fourth-order valence-corrected chi connectivity index (χ4v) is 3.56. The van der Waals surface area contributed by atoms with E-state index in [2.05, 4.69) is 5.32 Å². The van der Waals surface area contributed by atoms with Gasteiger partial charge >= 0.3 is 0 Å². The molecule has 110 valence electrons. The molecule has 1 atom stereocenters. The van der Waals surface area contributed by atoms with Gasteiger partial charge in [-0.05, 0) is 55.2 Å². The summed E-state index contributed by atoms with van der Waals surface area (Å²) >= 11 is 0. The van der Waals surface area contributed by atoms with Gasteiger partial charge in [0.1, 0.15) is 5.82 Å². The van der Waals surface area contributed by atoms with Crippen LogP contribution in [0.2, 0.25) is 0 Å². The quantitative estimate of drug-likeness (QED) is 0.772. The molecule has 1 unspecified atom stereocenters. The minimum absolute atomic E-state index is 0.122. The van der Waals surface area contributed by atoms with Gasteiger partial charge in [0.05, 0.1) is 0 Å². The first-order chi connectivity index (χ1) is 9.83. The van der Waals surface area contributed by atoms with Crippen LogP contribution in [0.25, 0.3) is 0 Å². The minimum atomic E-state index is -0.122. The van der Waals surface area contributed by atoms with Crippen LogP contribution < -0.4 is 5.32 Å². The fraction of sp³-hybridized carbons (Fsp3) is 0.667. The maximum absolute atomic E-state index is 13.2. The highest BCUT2D eigenvalue weighted by molar-refractivity contribution is 5.22. The van der Waals surface area contributed by atoms with Crippen LogP contribution in [0, 0.1) is 11.7 Å². The Kier molecular flexibility index (Phi) is 4.72. The van der Waals surface area contributed by atoms with Crippen molar-refractivity contribution >= 4 is 0 Å². The number of benzene rings is 1. The second kappa shape index (κ2) is 6.71. The van der Waals surface area contributed by atoms with Crippen molar-refractivity contribution in [3.63, 3.8) is 0 Å². The molecule has 2 heteroatoms. The smallest absolute Gasteiger partial charge is 0.123 e. The van der Waals surface area contributed by atoms with Crippen LogP contribution in [-0.4, -0.2) is 12.6 Å². The second-order valence-electron chi connectivity index (χ2n) is 6.59. The number of rotatable bonds is 5. The van der Waals surface area contributed by atoms with Crippen LogP contribution in [-0.2, 0) is 0 Å². The molecule has 0 aromatic heterocycles. The Balaban J connectivity index is 1.72. The Labute approximate surface area is 122 Å². The number of halogens is 1. The molecule has 1 aromatic rings. The zero-order chi connectivity index (χ0) is 13.8. The molecule has 0 spiro atoms. The summed E-state index contributed by atoms with van der Waals surface area (Å²) in [6.07, 6.45) is 10.9. The van der Waals surface area contributed by atoms with E-state index in [1.165, 1.54) is 56.9 Å². The monoisotopic (exact) mass is 275 g/mol. The van der Waals surface area contributed by atoms with E-state index in [4.69, 9.17) is 0 Å². The number of hydrogen-bond acceptors (Lipinski definition) is 1. The Morgan fingerprint density at radius 1 is 0.950 bits per heavy atom. The van der Waals surface area contributed by atoms with Gasteiger partial charge in [0.2, 0.25) is 0 Å². The first-order valence-electron chi connectivity index (χ1n) is 8.32. The minimum Gasteiger partial charge on any atom is -0.313 e. The average molecular weight is 275 g/mol. The van der Waals surface area contributed by atoms with E-state index in [9.17, 15) is 4.39 Å². The Morgan fingerprint density at radius 2 is 1.60 bits per heavy atom. The van der Waals surface area contributed by atoms with Gasteiger partial charge in [-0.3, -0.25) is 0 Å². The van der Waals surface area contributed by atoms with Gasteiger partial charge in [0.15, 0.2) is 0 Å². The lowest BCUT2D eigenvalue weighted by molar-refractivity contribution is 0.360. The summed E-state index contributed by atoms with van der Waals surface area (Å²) < 4.78 is 13.2. The lowest BCUT2D eigenvalue weighted by atomic mass is 9.81. The molecule has 0 bridgehead atoms. The van der Waals surface area contributed by atoms with Crippen LogP contribution in [0.15, 0.2) is 24.3 Å².